The Morgan fingerprint density at radius 3 is 2.17 bits per heavy atom. The van der Waals surface area contributed by atoms with E-state index in [0.717, 1.165) is 16.7 Å². The molecule has 5 nitrogen and oxygen atoms in total. The molecule has 6 heteroatoms. The number of hydrogen-bond donors (Lipinski definition) is 0. The SMILES string of the molecule is CC(C)OC1C=CC=CN1c1cnc2c(cnn2[Si](C(C)C)(C(C)C)C(C)C)c1. The fourth-order valence-electron chi connectivity index (χ4n) is 5.17. The molecule has 0 spiro atoms. The van der Waals surface area contributed by atoms with Crippen LogP contribution >= 0.6 is 0 Å². The first-order chi connectivity index (χ1) is 13.7. The number of anilines is 1. The van der Waals surface area contributed by atoms with Gasteiger partial charge in [0.05, 0.1) is 24.2 Å². The lowest BCUT2D eigenvalue weighted by Crippen LogP contribution is -2.52. The van der Waals surface area contributed by atoms with E-state index < -0.39 is 8.24 Å². The average Bonchev–Trinajstić information content (AvgIpc) is 3.05. The Hall–Kier alpha value is -1.92. The van der Waals surface area contributed by atoms with E-state index in [2.05, 4.69) is 83.0 Å². The number of aromatic nitrogens is 3. The third kappa shape index (κ3) is 3.80. The minimum absolute atomic E-state index is 0.121. The normalized spacial score (nSPS) is 17.7. The maximum absolute atomic E-state index is 6.07. The topological polar surface area (TPSA) is 43.2 Å². The van der Waals surface area contributed by atoms with E-state index >= 15 is 0 Å². The van der Waals surface area contributed by atoms with E-state index in [4.69, 9.17) is 14.8 Å². The lowest BCUT2D eigenvalue weighted by Gasteiger charge is -2.42. The van der Waals surface area contributed by atoms with Crippen LogP contribution in [-0.4, -0.2) is 35.0 Å². The third-order valence-electron chi connectivity index (χ3n) is 6.15. The van der Waals surface area contributed by atoms with Crippen molar-refractivity contribution in [1.29, 1.82) is 0 Å². The molecule has 1 unspecified atom stereocenters. The molecular weight excluding hydrogens is 376 g/mol. The van der Waals surface area contributed by atoms with Gasteiger partial charge in [-0.3, -0.25) is 4.35 Å². The third-order valence-corrected chi connectivity index (χ3v) is 12.8. The fraction of sp³-hybridized carbons (Fsp3) is 0.565. The molecule has 0 aliphatic carbocycles. The summed E-state index contributed by atoms with van der Waals surface area (Å²) in [6.45, 7) is 18.2. The summed E-state index contributed by atoms with van der Waals surface area (Å²) in [5, 5.41) is 6.01. The molecule has 0 amide bonds. The molecular formula is C23H36N4OSi. The largest absolute Gasteiger partial charge is 0.352 e. The van der Waals surface area contributed by atoms with E-state index in [9.17, 15) is 0 Å². The Morgan fingerprint density at radius 1 is 0.931 bits per heavy atom. The van der Waals surface area contributed by atoms with Crippen LogP contribution in [0.4, 0.5) is 5.69 Å². The Labute approximate surface area is 176 Å². The van der Waals surface area contributed by atoms with Crippen LogP contribution in [0.1, 0.15) is 55.4 Å². The zero-order valence-electron chi connectivity index (χ0n) is 19.1. The molecule has 0 radical (unpaired) electrons. The van der Waals surface area contributed by atoms with Gasteiger partial charge in [0.25, 0.3) is 0 Å². The van der Waals surface area contributed by atoms with Gasteiger partial charge in [-0.2, -0.15) is 5.10 Å². The molecule has 158 valence electrons. The first-order valence-corrected chi connectivity index (χ1v) is 13.0. The van der Waals surface area contributed by atoms with Crippen LogP contribution in [0.3, 0.4) is 0 Å². The number of hydrogen-bond acceptors (Lipinski definition) is 4. The Kier molecular flexibility index (Phi) is 6.34. The van der Waals surface area contributed by atoms with Gasteiger partial charge in [-0.1, -0.05) is 47.6 Å². The second-order valence-corrected chi connectivity index (χ2v) is 14.9. The first-order valence-electron chi connectivity index (χ1n) is 10.8. The highest BCUT2D eigenvalue weighted by Gasteiger charge is 2.47. The molecule has 1 aliphatic rings. The lowest BCUT2D eigenvalue weighted by atomic mass is 10.2. The zero-order chi connectivity index (χ0) is 21.3. The van der Waals surface area contributed by atoms with Gasteiger partial charge in [-0.05, 0) is 48.7 Å². The molecule has 3 heterocycles. The number of ether oxygens (including phenoxy) is 1. The van der Waals surface area contributed by atoms with Crippen molar-refractivity contribution in [3.8, 4) is 0 Å². The second-order valence-electron chi connectivity index (χ2n) is 9.22. The minimum Gasteiger partial charge on any atom is -0.352 e. The van der Waals surface area contributed by atoms with Gasteiger partial charge in [0.2, 0.25) is 0 Å². The number of pyridine rings is 1. The molecule has 0 fully saturated rings. The predicted octanol–water partition coefficient (Wildman–Crippen LogP) is 6.10. The van der Waals surface area contributed by atoms with Gasteiger partial charge in [0.1, 0.15) is 5.65 Å². The van der Waals surface area contributed by atoms with Crippen molar-refractivity contribution in [3.63, 3.8) is 0 Å². The van der Waals surface area contributed by atoms with Crippen molar-refractivity contribution in [3.05, 3.63) is 42.9 Å². The van der Waals surface area contributed by atoms with Crippen LogP contribution in [0.2, 0.25) is 16.6 Å². The summed E-state index contributed by atoms with van der Waals surface area (Å²) >= 11 is 0. The second kappa shape index (κ2) is 8.44. The summed E-state index contributed by atoms with van der Waals surface area (Å²) in [6, 6.07) is 2.19. The number of fused-ring (bicyclic) bond motifs is 1. The molecule has 0 bridgehead atoms. The van der Waals surface area contributed by atoms with Gasteiger partial charge in [-0.15, -0.1) is 0 Å². The molecule has 0 aromatic carbocycles. The molecule has 29 heavy (non-hydrogen) atoms. The van der Waals surface area contributed by atoms with Crippen LogP contribution in [-0.2, 0) is 4.74 Å². The minimum atomic E-state index is -1.93. The van der Waals surface area contributed by atoms with Gasteiger partial charge < -0.3 is 9.64 Å². The molecule has 1 atom stereocenters. The molecule has 1 aliphatic heterocycles. The van der Waals surface area contributed by atoms with Crippen LogP contribution in [0.15, 0.2) is 42.9 Å². The van der Waals surface area contributed by atoms with Gasteiger partial charge in [-0.25, -0.2) is 4.98 Å². The van der Waals surface area contributed by atoms with Crippen molar-refractivity contribution in [1.82, 2.24) is 14.4 Å². The Balaban J connectivity index is 2.06. The standard InChI is InChI=1S/C23H36N4OSi/c1-16(2)28-22-11-9-10-12-26(22)21-13-20-14-25-27(23(20)24-15-21)29(17(3)4,18(5)6)19(7)8/h9-19,22H,1-8H3. The summed E-state index contributed by atoms with van der Waals surface area (Å²) < 4.78 is 8.39. The number of rotatable bonds is 7. The predicted molar refractivity (Wildman–Crippen MR) is 125 cm³/mol. The number of allylic oxidation sites excluding steroid dienone is 2. The van der Waals surface area contributed by atoms with Crippen LogP contribution in [0.25, 0.3) is 11.0 Å². The van der Waals surface area contributed by atoms with Crippen LogP contribution in [0.5, 0.6) is 0 Å². The zero-order valence-corrected chi connectivity index (χ0v) is 20.1. The van der Waals surface area contributed by atoms with Gasteiger partial charge in [0, 0.05) is 11.6 Å². The summed E-state index contributed by atoms with van der Waals surface area (Å²) in [5.74, 6) is 0. The van der Waals surface area contributed by atoms with E-state index in [1.54, 1.807) is 0 Å². The maximum atomic E-state index is 6.07. The molecule has 2 aromatic rings. The van der Waals surface area contributed by atoms with Crippen molar-refractivity contribution in [2.24, 2.45) is 0 Å². The molecule has 3 rings (SSSR count). The van der Waals surface area contributed by atoms with Crippen molar-refractivity contribution < 1.29 is 4.74 Å². The van der Waals surface area contributed by atoms with Crippen molar-refractivity contribution >= 4 is 25.0 Å². The molecule has 0 saturated heterocycles. The summed E-state index contributed by atoms with van der Waals surface area (Å²) in [4.78, 5) is 7.05. The maximum Gasteiger partial charge on any atom is 0.195 e. The van der Waals surface area contributed by atoms with E-state index in [1.165, 1.54) is 0 Å². The average molecular weight is 413 g/mol. The van der Waals surface area contributed by atoms with E-state index in [0.29, 0.717) is 16.6 Å². The highest BCUT2D eigenvalue weighted by Crippen LogP contribution is 2.43. The lowest BCUT2D eigenvalue weighted by molar-refractivity contribution is 0.0381. The van der Waals surface area contributed by atoms with Crippen molar-refractivity contribution in [2.45, 2.75) is 84.3 Å². The summed E-state index contributed by atoms with van der Waals surface area (Å²) in [7, 11) is -1.93. The van der Waals surface area contributed by atoms with E-state index in [1.807, 2.05) is 24.5 Å². The van der Waals surface area contributed by atoms with Gasteiger partial charge in [0.15, 0.2) is 14.5 Å². The van der Waals surface area contributed by atoms with Gasteiger partial charge >= 0.3 is 0 Å². The molecule has 0 N–H and O–H groups in total. The highest BCUT2D eigenvalue weighted by molar-refractivity contribution is 6.82. The highest BCUT2D eigenvalue weighted by atomic mass is 28.3. The van der Waals surface area contributed by atoms with E-state index in [-0.39, 0.29) is 12.3 Å². The summed E-state index contributed by atoms with van der Waals surface area (Å²) in [5.41, 5.74) is 3.76. The molecule has 0 saturated carbocycles. The van der Waals surface area contributed by atoms with Crippen LogP contribution in [0, 0.1) is 0 Å². The van der Waals surface area contributed by atoms with Crippen LogP contribution < -0.4 is 4.90 Å². The van der Waals surface area contributed by atoms with Crippen molar-refractivity contribution in [2.75, 3.05) is 4.90 Å². The fourth-order valence-corrected chi connectivity index (χ4v) is 11.4. The summed E-state index contributed by atoms with van der Waals surface area (Å²) in [6.07, 6.45) is 12.2. The monoisotopic (exact) mass is 412 g/mol. The Morgan fingerprint density at radius 2 is 1.59 bits per heavy atom. The number of nitrogens with zero attached hydrogens (tertiary/aromatic N) is 4. The quantitative estimate of drug-likeness (QED) is 0.516. The Bertz CT molecular complexity index is 876. The first kappa shape index (κ1) is 21.8. The smallest absolute Gasteiger partial charge is 0.195 e. The molecule has 2 aromatic heterocycles.